The molecule has 0 spiro atoms. The number of aromatic amines is 1. The molecule has 3 rings (SSSR count). The van der Waals surface area contributed by atoms with Crippen LogP contribution in [0.3, 0.4) is 0 Å². The van der Waals surface area contributed by atoms with E-state index in [0.29, 0.717) is 48.0 Å². The van der Waals surface area contributed by atoms with Crippen LogP contribution in [0.15, 0.2) is 35.1 Å². The van der Waals surface area contributed by atoms with E-state index in [4.69, 9.17) is 26.4 Å². The number of carbonyl (C=O) groups is 1. The fourth-order valence-corrected chi connectivity index (χ4v) is 3.78. The van der Waals surface area contributed by atoms with Gasteiger partial charge in [-0.1, -0.05) is 0 Å². The van der Waals surface area contributed by atoms with Crippen LogP contribution < -0.4 is 19.8 Å². The van der Waals surface area contributed by atoms with E-state index >= 15 is 0 Å². The number of benzene rings is 2. The van der Waals surface area contributed by atoms with Crippen LogP contribution in [0, 0.1) is 8.34 Å². The highest BCUT2D eigenvalue weighted by atomic mass is 127. The van der Waals surface area contributed by atoms with E-state index in [1.807, 2.05) is 26.8 Å². The molecular formula is C21H21IN2O5S. The fraction of sp³-hybridized carbons (Fsp3) is 0.286. The van der Waals surface area contributed by atoms with Crippen LogP contribution in [0.5, 0.6) is 17.2 Å². The number of nitrogens with one attached hydrogen (secondary N) is 1. The molecule has 0 fully saturated rings. The summed E-state index contributed by atoms with van der Waals surface area (Å²) in [4.78, 5) is 29.3. The molecule has 1 heterocycles. The molecule has 0 amide bonds. The summed E-state index contributed by atoms with van der Waals surface area (Å²) < 4.78 is 18.9. The van der Waals surface area contributed by atoms with Crippen LogP contribution in [-0.4, -0.2) is 35.3 Å². The molecular weight excluding hydrogens is 519 g/mol. The molecule has 3 aromatic rings. The molecule has 0 atom stereocenters. The van der Waals surface area contributed by atoms with Crippen molar-refractivity contribution in [2.75, 3.05) is 19.8 Å². The summed E-state index contributed by atoms with van der Waals surface area (Å²) in [7, 11) is 0. The number of aromatic nitrogens is 2. The number of nitrogens with zero attached hydrogens (tertiary/aromatic N) is 1. The van der Waals surface area contributed by atoms with Crippen molar-refractivity contribution >= 4 is 51.6 Å². The Hall–Kier alpha value is -2.40. The molecule has 0 saturated heterocycles. The normalized spacial score (nSPS) is 10.8. The first-order valence-corrected chi connectivity index (χ1v) is 11.0. The van der Waals surface area contributed by atoms with Crippen molar-refractivity contribution in [3.63, 3.8) is 0 Å². The number of hydrogen-bond donors (Lipinski definition) is 1. The second-order valence-corrected chi connectivity index (χ2v) is 7.80. The number of rotatable bonds is 7. The zero-order chi connectivity index (χ0) is 21.8. The van der Waals surface area contributed by atoms with E-state index in [-0.39, 0.29) is 10.3 Å². The minimum absolute atomic E-state index is 0.0171. The average molecular weight is 540 g/mol. The maximum absolute atomic E-state index is 13.3. The lowest BCUT2D eigenvalue weighted by Gasteiger charge is -2.17. The van der Waals surface area contributed by atoms with E-state index in [1.54, 1.807) is 24.3 Å². The zero-order valence-electron chi connectivity index (χ0n) is 16.8. The largest absolute Gasteiger partial charge is 0.490 e. The number of halogens is 1. The Morgan fingerprint density at radius 2 is 1.63 bits per heavy atom. The van der Waals surface area contributed by atoms with E-state index < -0.39 is 11.5 Å². The number of hydrogen-bond acceptors (Lipinski definition) is 6. The lowest BCUT2D eigenvalue weighted by Crippen LogP contribution is -2.29. The Bertz CT molecular complexity index is 1190. The smallest absolute Gasteiger partial charge is 0.269 e. The SMILES string of the molecule is CCOc1cc(C(=O)n2c(=S)[nH]c3ccc(I)cc3c2=O)cc(OCC)c1OCC. The molecule has 158 valence electrons. The summed E-state index contributed by atoms with van der Waals surface area (Å²) in [5, 5.41) is 0.379. The molecule has 0 aliphatic carbocycles. The van der Waals surface area contributed by atoms with Gasteiger partial charge in [-0.2, -0.15) is 0 Å². The maximum atomic E-state index is 13.3. The van der Waals surface area contributed by atoms with Gasteiger partial charge in [-0.3, -0.25) is 9.59 Å². The molecule has 0 aliphatic rings. The van der Waals surface area contributed by atoms with Crippen LogP contribution in [0.1, 0.15) is 31.1 Å². The number of ether oxygens (including phenoxy) is 3. The molecule has 1 aromatic heterocycles. The molecule has 7 nitrogen and oxygen atoms in total. The predicted molar refractivity (Wildman–Crippen MR) is 126 cm³/mol. The summed E-state index contributed by atoms with van der Waals surface area (Å²) in [5.74, 6) is 0.578. The van der Waals surface area contributed by atoms with Crippen molar-refractivity contribution in [1.29, 1.82) is 0 Å². The highest BCUT2D eigenvalue weighted by Crippen LogP contribution is 2.39. The van der Waals surface area contributed by atoms with Gasteiger partial charge in [0.15, 0.2) is 16.3 Å². The highest BCUT2D eigenvalue weighted by Gasteiger charge is 2.21. The summed E-state index contributed by atoms with van der Waals surface area (Å²) >= 11 is 7.42. The summed E-state index contributed by atoms with van der Waals surface area (Å²) in [6.45, 7) is 6.66. The molecule has 0 unspecified atom stereocenters. The van der Waals surface area contributed by atoms with E-state index in [2.05, 4.69) is 27.6 Å². The Kier molecular flexibility index (Phi) is 7.14. The zero-order valence-corrected chi connectivity index (χ0v) is 19.8. The summed E-state index contributed by atoms with van der Waals surface area (Å²) in [5.41, 5.74) is 0.296. The van der Waals surface area contributed by atoms with Gasteiger partial charge >= 0.3 is 0 Å². The van der Waals surface area contributed by atoms with Gasteiger partial charge in [-0.25, -0.2) is 4.57 Å². The van der Waals surface area contributed by atoms with Crippen molar-refractivity contribution in [3.8, 4) is 17.2 Å². The van der Waals surface area contributed by atoms with Gasteiger partial charge in [0, 0.05) is 9.13 Å². The number of carbonyl (C=O) groups excluding carboxylic acids is 1. The number of H-pyrrole nitrogens is 1. The highest BCUT2D eigenvalue weighted by molar-refractivity contribution is 14.1. The van der Waals surface area contributed by atoms with Gasteiger partial charge in [0.1, 0.15) is 0 Å². The van der Waals surface area contributed by atoms with Crippen molar-refractivity contribution in [3.05, 3.63) is 54.6 Å². The van der Waals surface area contributed by atoms with E-state index in [9.17, 15) is 9.59 Å². The molecule has 0 bridgehead atoms. The van der Waals surface area contributed by atoms with Crippen LogP contribution in [0.25, 0.3) is 10.9 Å². The minimum Gasteiger partial charge on any atom is -0.490 e. The Labute approximate surface area is 192 Å². The molecule has 0 saturated carbocycles. The van der Waals surface area contributed by atoms with Crippen LogP contribution >= 0.6 is 34.8 Å². The molecule has 2 aromatic carbocycles. The first-order chi connectivity index (χ1) is 14.4. The van der Waals surface area contributed by atoms with Crippen molar-refractivity contribution in [2.24, 2.45) is 0 Å². The second-order valence-electron chi connectivity index (χ2n) is 6.17. The van der Waals surface area contributed by atoms with Gasteiger partial charge in [0.25, 0.3) is 11.5 Å². The van der Waals surface area contributed by atoms with E-state index in [1.165, 1.54) is 0 Å². The third-order valence-electron chi connectivity index (χ3n) is 4.22. The van der Waals surface area contributed by atoms with Gasteiger partial charge in [0.2, 0.25) is 5.75 Å². The third kappa shape index (κ3) is 4.36. The topological polar surface area (TPSA) is 82.6 Å². The fourth-order valence-electron chi connectivity index (χ4n) is 3.01. The van der Waals surface area contributed by atoms with Gasteiger partial charge in [-0.05, 0) is 85.9 Å². The Balaban J connectivity index is 2.22. The second kappa shape index (κ2) is 9.61. The van der Waals surface area contributed by atoms with Crippen LogP contribution in [0.2, 0.25) is 0 Å². The maximum Gasteiger partial charge on any atom is 0.269 e. The average Bonchev–Trinajstić information content (AvgIpc) is 2.71. The van der Waals surface area contributed by atoms with Gasteiger partial charge in [-0.15, -0.1) is 0 Å². The van der Waals surface area contributed by atoms with Crippen LogP contribution in [0.4, 0.5) is 0 Å². The predicted octanol–water partition coefficient (Wildman–Crippen LogP) is 4.55. The summed E-state index contributed by atoms with van der Waals surface area (Å²) in [6.07, 6.45) is 0. The monoisotopic (exact) mass is 540 g/mol. The minimum atomic E-state index is -0.577. The lowest BCUT2D eigenvalue weighted by atomic mass is 10.1. The quantitative estimate of drug-likeness (QED) is 0.350. The van der Waals surface area contributed by atoms with Crippen molar-refractivity contribution < 1.29 is 19.0 Å². The molecule has 0 radical (unpaired) electrons. The lowest BCUT2D eigenvalue weighted by molar-refractivity contribution is 0.0952. The molecule has 1 N–H and O–H groups in total. The van der Waals surface area contributed by atoms with E-state index in [0.717, 1.165) is 8.14 Å². The molecule has 9 heteroatoms. The van der Waals surface area contributed by atoms with Crippen molar-refractivity contribution in [1.82, 2.24) is 9.55 Å². The Morgan fingerprint density at radius 3 is 2.20 bits per heavy atom. The first kappa shape index (κ1) is 22.3. The van der Waals surface area contributed by atoms with Crippen LogP contribution in [-0.2, 0) is 0 Å². The first-order valence-electron chi connectivity index (χ1n) is 9.46. The molecule has 0 aliphatic heterocycles. The van der Waals surface area contributed by atoms with Gasteiger partial charge < -0.3 is 19.2 Å². The molecule has 30 heavy (non-hydrogen) atoms. The summed E-state index contributed by atoms with van der Waals surface area (Å²) in [6, 6.07) is 8.41. The third-order valence-corrected chi connectivity index (χ3v) is 5.17. The van der Waals surface area contributed by atoms with Crippen molar-refractivity contribution in [2.45, 2.75) is 20.8 Å². The standard InChI is InChI=1S/C21H21IN2O5S/c1-4-27-16-9-12(10-17(28-5-2)18(16)29-6-3)19(25)24-20(26)14-11-13(22)7-8-15(14)23-21(24)30/h7-11H,4-6H2,1-3H3,(H,23,30). The Morgan fingerprint density at radius 1 is 1.03 bits per heavy atom. The number of fused-ring (bicyclic) bond motifs is 1. The van der Waals surface area contributed by atoms with Gasteiger partial charge in [0.05, 0.1) is 30.7 Å².